The number of hydrogen-bond acceptors (Lipinski definition) is 11. The highest BCUT2D eigenvalue weighted by Crippen LogP contribution is 2.57. The van der Waals surface area contributed by atoms with Crippen molar-refractivity contribution in [2.75, 3.05) is 0 Å². The van der Waals surface area contributed by atoms with Crippen molar-refractivity contribution in [1.29, 1.82) is 0 Å². The number of benzene rings is 2. The predicted molar refractivity (Wildman–Crippen MR) is 254 cm³/mol. The van der Waals surface area contributed by atoms with Gasteiger partial charge in [-0.1, -0.05) is 34.7 Å². The molecule has 4 aliphatic rings. The molecule has 1 unspecified atom stereocenters. The minimum absolute atomic E-state index is 0.0126. The molecule has 1 N–H and O–H groups in total. The smallest absolute Gasteiger partial charge is 0.386 e. The van der Waals surface area contributed by atoms with E-state index in [1.807, 2.05) is 25.1 Å². The van der Waals surface area contributed by atoms with Gasteiger partial charge in [0.15, 0.2) is 13.1 Å². The number of aromatic nitrogens is 11. The van der Waals surface area contributed by atoms with Gasteiger partial charge < -0.3 is 9.90 Å². The van der Waals surface area contributed by atoms with Crippen molar-refractivity contribution < 1.29 is 45.0 Å². The van der Waals surface area contributed by atoms with Gasteiger partial charge in [-0.3, -0.25) is 4.98 Å². The van der Waals surface area contributed by atoms with Crippen molar-refractivity contribution >= 4 is 42.0 Å². The van der Waals surface area contributed by atoms with Gasteiger partial charge in [-0.2, -0.15) is 56.3 Å². The highest BCUT2D eigenvalue weighted by atomic mass is 32.2. The topological polar surface area (TPSA) is 147 Å². The summed E-state index contributed by atoms with van der Waals surface area (Å²) in [5.74, 6) is -0.655. The van der Waals surface area contributed by atoms with Gasteiger partial charge in [-0.25, -0.2) is 18.1 Å². The summed E-state index contributed by atoms with van der Waals surface area (Å²) in [7, 11) is 0. The molecule has 23 heteroatoms. The van der Waals surface area contributed by atoms with E-state index in [9.17, 15) is 45.0 Å². The summed E-state index contributed by atoms with van der Waals surface area (Å²) in [4.78, 5) is 18.1. The molecular formula is C50H45F8N11O2S2. The fraction of sp³-hybridized carbons (Fsp3) is 0.360. The molecule has 5 aromatic heterocycles. The van der Waals surface area contributed by atoms with Crippen LogP contribution in [0.25, 0.3) is 23.5 Å². The van der Waals surface area contributed by atoms with Crippen molar-refractivity contribution in [1.82, 2.24) is 54.5 Å². The number of nitrogens with zero attached hydrogens (tertiary/aromatic N) is 11. The Labute approximate surface area is 420 Å². The first kappa shape index (κ1) is 50.1. The number of aryl methyl sites for hydroxylation is 1. The van der Waals surface area contributed by atoms with Crippen LogP contribution in [0.5, 0.6) is 0 Å². The lowest BCUT2D eigenvalue weighted by Crippen LogP contribution is -2.41. The fourth-order valence-corrected chi connectivity index (χ4v) is 12.8. The monoisotopic (exact) mass is 1050 g/mol. The number of alkyl halides is 6. The molecule has 2 saturated carbocycles. The summed E-state index contributed by atoms with van der Waals surface area (Å²) in [5, 5.41) is 37.2. The van der Waals surface area contributed by atoms with E-state index < -0.39 is 42.4 Å². The van der Waals surface area contributed by atoms with E-state index in [0.717, 1.165) is 69.7 Å². The molecule has 2 aromatic carbocycles. The summed E-state index contributed by atoms with van der Waals surface area (Å²) < 4.78 is 106. The Morgan fingerprint density at radius 2 is 1.21 bits per heavy atom. The molecule has 11 rings (SSSR count). The highest BCUT2D eigenvalue weighted by molar-refractivity contribution is 8.00. The molecule has 0 radical (unpaired) electrons. The van der Waals surface area contributed by atoms with Crippen LogP contribution in [0.15, 0.2) is 113 Å². The minimum atomic E-state index is -4.40. The Hall–Kier alpha value is -6.46. The quantitative estimate of drug-likeness (QED) is 0.0975. The number of pyridine rings is 1. The number of hydrogen-bond donors (Lipinski definition) is 1. The van der Waals surface area contributed by atoms with Gasteiger partial charge in [0.2, 0.25) is 0 Å². The standard InChI is InChI=1S/C28H26F4N6OS.C22H19F4N5OS/c1-17-8-9-33-23(10-17)26(39)27-12-18-14-35-38(21-5-3-20(29)4-6-21)24(18)11-19(27)2-7-22(13-27)40-25-15-34-37(36-25)16-28(30,31)32;23-16-2-4-17(5-3-16)31-19-7-15-1-6-18(9-21(15,13-32)8-14(19)10-28-31)33-20-11-27-30(29-20)12-22(24,25)26/h3-6,8-11,14-15,22,26,39H,2,7,12-13,16H2,1H3;2-5,7,10-11,13,18H,1,6,8-9,12H2/t22-,26?,27-;18-,21+/m00/s1. The maximum Gasteiger partial charge on any atom is 0.409 e. The number of carbonyl (C=O) groups excluding carboxylic acids is 1. The Bertz CT molecular complexity index is 3200. The number of aldehydes is 1. The number of allylic oxidation sites excluding steroid dienone is 1. The molecule has 0 saturated heterocycles. The van der Waals surface area contributed by atoms with Crippen LogP contribution in [0, 0.1) is 29.4 Å². The highest BCUT2D eigenvalue weighted by Gasteiger charge is 2.50. The number of fused-ring (bicyclic) bond motifs is 4. The Balaban J connectivity index is 0.000000171. The van der Waals surface area contributed by atoms with Gasteiger partial charge in [0, 0.05) is 22.1 Å². The van der Waals surface area contributed by atoms with Gasteiger partial charge in [0.1, 0.15) is 34.1 Å². The third kappa shape index (κ3) is 10.8. The zero-order chi connectivity index (χ0) is 51.3. The molecule has 4 aliphatic carbocycles. The third-order valence-corrected chi connectivity index (χ3v) is 16.0. The van der Waals surface area contributed by atoms with E-state index in [2.05, 4.69) is 41.7 Å². The molecule has 380 valence electrons. The average molecular weight is 1050 g/mol. The first-order chi connectivity index (χ1) is 34.8. The molecule has 5 atom stereocenters. The van der Waals surface area contributed by atoms with Crippen LogP contribution >= 0.6 is 23.5 Å². The normalized spacial score (nSPS) is 21.9. The summed E-state index contributed by atoms with van der Waals surface area (Å²) in [5.41, 5.74) is 7.39. The lowest BCUT2D eigenvalue weighted by Gasteiger charge is -2.47. The van der Waals surface area contributed by atoms with Crippen molar-refractivity contribution in [2.45, 2.75) is 110 Å². The van der Waals surface area contributed by atoms with E-state index in [1.54, 1.807) is 52.2 Å². The first-order valence-electron chi connectivity index (χ1n) is 23.3. The van der Waals surface area contributed by atoms with Gasteiger partial charge in [0.25, 0.3) is 0 Å². The molecule has 0 aliphatic heterocycles. The van der Waals surface area contributed by atoms with Crippen molar-refractivity contribution in [3.8, 4) is 11.4 Å². The van der Waals surface area contributed by atoms with Crippen LogP contribution in [0.3, 0.4) is 0 Å². The number of carbonyl (C=O) groups is 1. The zero-order valence-electron chi connectivity index (χ0n) is 38.8. The Morgan fingerprint density at radius 1 is 0.699 bits per heavy atom. The Kier molecular flexibility index (Phi) is 13.6. The van der Waals surface area contributed by atoms with Crippen LogP contribution in [0.4, 0.5) is 35.1 Å². The van der Waals surface area contributed by atoms with E-state index in [4.69, 9.17) is 0 Å². The summed E-state index contributed by atoms with van der Waals surface area (Å²) in [6.45, 7) is -0.528. The van der Waals surface area contributed by atoms with Gasteiger partial charge in [-0.05, 0) is 148 Å². The predicted octanol–water partition coefficient (Wildman–Crippen LogP) is 10.5. The van der Waals surface area contributed by atoms with E-state index >= 15 is 0 Å². The summed E-state index contributed by atoms with van der Waals surface area (Å²) in [6.07, 6.45) is 8.25. The molecule has 7 aromatic rings. The second-order valence-electron chi connectivity index (χ2n) is 18.8. The number of thioether (sulfide) groups is 2. The molecule has 0 spiro atoms. The first-order valence-corrected chi connectivity index (χ1v) is 25.0. The van der Waals surface area contributed by atoms with Crippen LogP contribution in [-0.4, -0.2) is 88.8 Å². The maximum absolute atomic E-state index is 13.5. The lowest BCUT2D eigenvalue weighted by atomic mass is 9.60. The Morgan fingerprint density at radius 3 is 1.73 bits per heavy atom. The van der Waals surface area contributed by atoms with E-state index in [-0.39, 0.29) is 22.1 Å². The SMILES string of the molecule is Cc1ccnc(C(O)[C@]23Cc4cnn(-c5ccc(F)cc5)c4C=C2CC[C@H](Sc2cnn(CC(F)(F)F)n2)C3)c1.O=C[C@]12Cc3cnn(-c4ccc(F)cc4)c3C=C1CC[C@H](Sc1cnn(CC(F)(F)F)n1)C2. The van der Waals surface area contributed by atoms with Gasteiger partial charge in [0.05, 0.1) is 58.7 Å². The molecule has 73 heavy (non-hydrogen) atoms. The van der Waals surface area contributed by atoms with Crippen LogP contribution in [-0.2, 0) is 30.7 Å². The van der Waals surface area contributed by atoms with Gasteiger partial charge in [-0.15, -0.1) is 10.2 Å². The second-order valence-corrected chi connectivity index (χ2v) is 21.4. The van der Waals surface area contributed by atoms with Crippen molar-refractivity contribution in [2.24, 2.45) is 10.8 Å². The van der Waals surface area contributed by atoms with Crippen LogP contribution in [0.1, 0.15) is 78.4 Å². The van der Waals surface area contributed by atoms with Crippen molar-refractivity contribution in [3.05, 3.63) is 148 Å². The second kappa shape index (κ2) is 19.8. The largest absolute Gasteiger partial charge is 0.409 e. The maximum atomic E-state index is 13.5. The van der Waals surface area contributed by atoms with E-state index in [0.29, 0.717) is 63.9 Å². The average Bonchev–Trinajstić information content (AvgIpc) is 4.17. The zero-order valence-corrected chi connectivity index (χ0v) is 40.4. The molecule has 13 nitrogen and oxygen atoms in total. The molecule has 0 amide bonds. The number of aliphatic hydroxyl groups is 1. The van der Waals surface area contributed by atoms with Crippen LogP contribution < -0.4 is 0 Å². The summed E-state index contributed by atoms with van der Waals surface area (Å²) >= 11 is 2.75. The van der Waals surface area contributed by atoms with E-state index in [1.165, 1.54) is 60.2 Å². The number of halogens is 8. The van der Waals surface area contributed by atoms with Gasteiger partial charge >= 0.3 is 12.4 Å². The number of aliphatic hydroxyl groups excluding tert-OH is 1. The molecule has 5 heterocycles. The molecular weight excluding hydrogens is 1000 g/mol. The fourth-order valence-electron chi connectivity index (χ4n) is 10.4. The van der Waals surface area contributed by atoms with Crippen molar-refractivity contribution in [3.63, 3.8) is 0 Å². The molecule has 2 fully saturated rings. The minimum Gasteiger partial charge on any atom is -0.386 e. The van der Waals surface area contributed by atoms with Crippen LogP contribution in [0.2, 0.25) is 0 Å². The summed E-state index contributed by atoms with van der Waals surface area (Å²) in [6, 6.07) is 16.0. The number of rotatable bonds is 11. The lowest BCUT2D eigenvalue weighted by molar-refractivity contribution is -0.146. The molecule has 0 bridgehead atoms. The third-order valence-electron chi connectivity index (χ3n) is 13.7.